The Bertz CT molecular complexity index is 494. The number of fused-ring (bicyclic) bond motifs is 1. The summed E-state index contributed by atoms with van der Waals surface area (Å²) in [5.41, 5.74) is 0.519. The summed E-state index contributed by atoms with van der Waals surface area (Å²) >= 11 is 1.46. The second-order valence-corrected chi connectivity index (χ2v) is 3.89. The van der Waals surface area contributed by atoms with Crippen LogP contribution in [0.3, 0.4) is 0 Å². The number of carbonyl (C=O) groups excluding carboxylic acids is 1. The molecule has 0 amide bonds. The Hall–Kier alpha value is -1.49. The van der Waals surface area contributed by atoms with Crippen molar-refractivity contribution in [2.24, 2.45) is 0 Å². The summed E-state index contributed by atoms with van der Waals surface area (Å²) in [6, 6.07) is 0. The molecule has 1 N–H and O–H groups in total. The molecule has 0 aliphatic rings. The fraction of sp³-hybridized carbons (Fsp3) is 0.222. The monoisotopic (exact) mass is 212 g/mol. The van der Waals surface area contributed by atoms with Crippen molar-refractivity contribution in [1.82, 2.24) is 0 Å². The van der Waals surface area contributed by atoms with E-state index < -0.39 is 5.97 Å². The Morgan fingerprint density at radius 1 is 1.64 bits per heavy atom. The largest absolute Gasteiger partial charge is 0.504 e. The third-order valence-electron chi connectivity index (χ3n) is 1.98. The van der Waals surface area contributed by atoms with Crippen LogP contribution < -0.4 is 0 Å². The van der Waals surface area contributed by atoms with Gasteiger partial charge < -0.3 is 14.3 Å². The molecule has 0 spiro atoms. The first kappa shape index (κ1) is 9.08. The van der Waals surface area contributed by atoms with Crippen LogP contribution in [-0.2, 0) is 4.74 Å². The molecule has 2 rings (SSSR count). The molecule has 0 fully saturated rings. The van der Waals surface area contributed by atoms with E-state index in [1.807, 2.05) is 6.92 Å². The normalized spacial score (nSPS) is 10.7. The molecular weight excluding hydrogens is 204 g/mol. The van der Waals surface area contributed by atoms with Gasteiger partial charge in [-0.15, -0.1) is 11.3 Å². The van der Waals surface area contributed by atoms with E-state index in [-0.39, 0.29) is 11.5 Å². The number of methoxy groups -OCH3 is 1. The van der Waals surface area contributed by atoms with Gasteiger partial charge >= 0.3 is 5.97 Å². The van der Waals surface area contributed by atoms with E-state index in [0.29, 0.717) is 11.0 Å². The van der Waals surface area contributed by atoms with Crippen molar-refractivity contribution in [3.63, 3.8) is 0 Å². The number of hydrogen-bond donors (Lipinski definition) is 1. The van der Waals surface area contributed by atoms with Gasteiger partial charge in [-0.1, -0.05) is 0 Å². The molecular formula is C9H8O4S. The zero-order valence-corrected chi connectivity index (χ0v) is 8.47. The highest BCUT2D eigenvalue weighted by Crippen LogP contribution is 2.37. The highest BCUT2D eigenvalue weighted by molar-refractivity contribution is 7.11. The predicted octanol–water partition coefficient (Wildman–Crippen LogP) is 2.29. The summed E-state index contributed by atoms with van der Waals surface area (Å²) in [6.45, 7) is 1.85. The second-order valence-electron chi connectivity index (χ2n) is 2.80. The minimum atomic E-state index is -0.664. The lowest BCUT2D eigenvalue weighted by Gasteiger charge is -1.94. The van der Waals surface area contributed by atoms with Gasteiger partial charge in [0.25, 0.3) is 5.76 Å². The Kier molecular flexibility index (Phi) is 1.96. The van der Waals surface area contributed by atoms with Crippen LogP contribution in [0.25, 0.3) is 11.0 Å². The van der Waals surface area contributed by atoms with Crippen LogP contribution >= 0.6 is 11.3 Å². The molecule has 0 aliphatic heterocycles. The lowest BCUT2D eigenvalue weighted by atomic mass is 10.3. The number of esters is 1. The predicted molar refractivity (Wildman–Crippen MR) is 51.8 cm³/mol. The molecule has 0 aromatic carbocycles. The number of aryl methyl sites for hydroxylation is 1. The van der Waals surface area contributed by atoms with Gasteiger partial charge in [0.1, 0.15) is 5.58 Å². The topological polar surface area (TPSA) is 59.7 Å². The summed E-state index contributed by atoms with van der Waals surface area (Å²) < 4.78 is 9.62. The molecule has 2 aromatic rings. The Labute approximate surface area is 83.7 Å². The minimum Gasteiger partial charge on any atom is -0.504 e. The third kappa shape index (κ3) is 1.09. The van der Waals surface area contributed by atoms with Crippen molar-refractivity contribution in [3.8, 4) is 5.75 Å². The SMILES string of the molecule is COC(=O)c1oc2csc(C)c2c1O. The molecule has 0 unspecified atom stereocenters. The van der Waals surface area contributed by atoms with Crippen LogP contribution in [0.2, 0.25) is 0 Å². The molecule has 14 heavy (non-hydrogen) atoms. The van der Waals surface area contributed by atoms with Crippen LogP contribution in [0.5, 0.6) is 5.75 Å². The van der Waals surface area contributed by atoms with Crippen LogP contribution in [0.4, 0.5) is 0 Å². The van der Waals surface area contributed by atoms with Gasteiger partial charge in [-0.25, -0.2) is 4.79 Å². The molecule has 74 valence electrons. The van der Waals surface area contributed by atoms with Crippen molar-refractivity contribution in [3.05, 3.63) is 16.0 Å². The van der Waals surface area contributed by atoms with Gasteiger partial charge in [-0.05, 0) is 6.92 Å². The first-order chi connectivity index (χ1) is 6.65. The van der Waals surface area contributed by atoms with E-state index in [4.69, 9.17) is 4.42 Å². The van der Waals surface area contributed by atoms with Crippen LogP contribution in [0, 0.1) is 6.92 Å². The van der Waals surface area contributed by atoms with E-state index in [2.05, 4.69) is 4.74 Å². The molecule has 4 nitrogen and oxygen atoms in total. The molecule has 0 saturated carbocycles. The van der Waals surface area contributed by atoms with Crippen molar-refractivity contribution in [1.29, 1.82) is 0 Å². The van der Waals surface area contributed by atoms with Gasteiger partial charge in [0.15, 0.2) is 5.75 Å². The smallest absolute Gasteiger partial charge is 0.377 e. The summed E-state index contributed by atoms with van der Waals surface area (Å²) in [7, 11) is 1.24. The van der Waals surface area contributed by atoms with Gasteiger partial charge in [-0.2, -0.15) is 0 Å². The van der Waals surface area contributed by atoms with Gasteiger partial charge in [0, 0.05) is 10.3 Å². The Balaban J connectivity index is 2.69. The van der Waals surface area contributed by atoms with Crippen LogP contribution in [0.1, 0.15) is 15.4 Å². The highest BCUT2D eigenvalue weighted by Gasteiger charge is 2.22. The zero-order valence-electron chi connectivity index (χ0n) is 7.66. The molecule has 0 radical (unpaired) electrons. The van der Waals surface area contributed by atoms with E-state index in [1.165, 1.54) is 18.4 Å². The maximum atomic E-state index is 11.1. The summed E-state index contributed by atoms with van der Waals surface area (Å²) in [6.07, 6.45) is 0. The zero-order chi connectivity index (χ0) is 10.3. The molecule has 0 atom stereocenters. The maximum Gasteiger partial charge on any atom is 0.377 e. The Morgan fingerprint density at radius 3 is 2.93 bits per heavy atom. The number of rotatable bonds is 1. The molecule has 0 aliphatic carbocycles. The number of aromatic hydroxyl groups is 1. The second kappa shape index (κ2) is 3.02. The maximum absolute atomic E-state index is 11.1. The first-order valence-electron chi connectivity index (χ1n) is 3.93. The molecule has 2 heterocycles. The fourth-order valence-electron chi connectivity index (χ4n) is 1.29. The minimum absolute atomic E-state index is 0.131. The quantitative estimate of drug-likeness (QED) is 0.737. The molecule has 2 aromatic heterocycles. The summed E-state index contributed by atoms with van der Waals surface area (Å²) in [5.74, 6) is -0.929. The summed E-state index contributed by atoms with van der Waals surface area (Å²) in [4.78, 5) is 12.1. The number of hydrogen-bond acceptors (Lipinski definition) is 5. The average Bonchev–Trinajstić information content (AvgIpc) is 2.68. The number of thiophene rings is 1. The number of furan rings is 1. The van der Waals surface area contributed by atoms with Crippen molar-refractivity contribution < 1.29 is 19.1 Å². The first-order valence-corrected chi connectivity index (χ1v) is 4.81. The number of ether oxygens (including phenoxy) is 1. The lowest BCUT2D eigenvalue weighted by molar-refractivity contribution is 0.0563. The van der Waals surface area contributed by atoms with Gasteiger partial charge in [0.05, 0.1) is 12.5 Å². The molecule has 5 heteroatoms. The average molecular weight is 212 g/mol. The number of carbonyl (C=O) groups is 1. The highest BCUT2D eigenvalue weighted by atomic mass is 32.1. The molecule has 0 saturated heterocycles. The van der Waals surface area contributed by atoms with E-state index >= 15 is 0 Å². The van der Waals surface area contributed by atoms with Gasteiger partial charge in [-0.3, -0.25) is 0 Å². The van der Waals surface area contributed by atoms with E-state index in [9.17, 15) is 9.90 Å². The Morgan fingerprint density at radius 2 is 2.36 bits per heavy atom. The van der Waals surface area contributed by atoms with E-state index in [0.717, 1.165) is 4.88 Å². The van der Waals surface area contributed by atoms with Crippen molar-refractivity contribution in [2.75, 3.05) is 7.11 Å². The lowest BCUT2D eigenvalue weighted by Crippen LogP contribution is -1.98. The fourth-order valence-corrected chi connectivity index (χ4v) is 2.06. The van der Waals surface area contributed by atoms with Crippen LogP contribution in [0.15, 0.2) is 9.80 Å². The van der Waals surface area contributed by atoms with E-state index in [1.54, 1.807) is 5.38 Å². The molecule has 0 bridgehead atoms. The standard InChI is InChI=1S/C9H8O4S/c1-4-6-5(3-14-4)13-8(7(6)10)9(11)12-2/h3,10H,1-2H3. The van der Waals surface area contributed by atoms with Crippen molar-refractivity contribution >= 4 is 28.3 Å². The summed E-state index contributed by atoms with van der Waals surface area (Å²) in [5, 5.41) is 12.0. The van der Waals surface area contributed by atoms with Gasteiger partial charge in [0.2, 0.25) is 0 Å². The van der Waals surface area contributed by atoms with Crippen LogP contribution in [-0.4, -0.2) is 18.2 Å². The third-order valence-corrected chi connectivity index (χ3v) is 2.87. The van der Waals surface area contributed by atoms with Crippen molar-refractivity contribution in [2.45, 2.75) is 6.92 Å².